The summed E-state index contributed by atoms with van der Waals surface area (Å²) in [6.45, 7) is 5.45. The smallest absolute Gasteiger partial charge is 0.243 e. The molecule has 0 aliphatic rings. The highest BCUT2D eigenvalue weighted by Crippen LogP contribution is 2.20. The largest absolute Gasteiger partial charge is 0.326 e. The number of sulfonamides is 1. The Morgan fingerprint density at radius 2 is 1.86 bits per heavy atom. The van der Waals surface area contributed by atoms with E-state index in [0.717, 1.165) is 0 Å². The molecular formula is C14H21ClN2O3S. The van der Waals surface area contributed by atoms with Gasteiger partial charge in [-0.3, -0.25) is 4.79 Å². The van der Waals surface area contributed by atoms with E-state index in [2.05, 4.69) is 5.32 Å². The highest BCUT2D eigenvalue weighted by molar-refractivity contribution is 7.89. The molecule has 0 bridgehead atoms. The number of halogens is 1. The van der Waals surface area contributed by atoms with Crippen LogP contribution in [0.2, 0.25) is 0 Å². The number of carbonyl (C=O) groups is 1. The average molecular weight is 333 g/mol. The number of hydrogen-bond donors (Lipinski definition) is 1. The fourth-order valence-electron chi connectivity index (χ4n) is 1.92. The molecule has 1 rings (SSSR count). The second kappa shape index (κ2) is 7.77. The zero-order valence-corrected chi connectivity index (χ0v) is 14.0. The average Bonchev–Trinajstić information content (AvgIpc) is 2.38. The third-order valence-corrected chi connectivity index (χ3v) is 5.23. The van der Waals surface area contributed by atoms with Gasteiger partial charge in [0.05, 0.1) is 4.90 Å². The van der Waals surface area contributed by atoms with E-state index in [-0.39, 0.29) is 16.8 Å². The monoisotopic (exact) mass is 332 g/mol. The maximum atomic E-state index is 12.6. The zero-order valence-electron chi connectivity index (χ0n) is 12.5. The summed E-state index contributed by atoms with van der Waals surface area (Å²) in [7, 11) is -3.56. The van der Waals surface area contributed by atoms with Crippen molar-refractivity contribution in [3.63, 3.8) is 0 Å². The van der Waals surface area contributed by atoms with Crippen molar-refractivity contribution in [1.82, 2.24) is 4.31 Å². The lowest BCUT2D eigenvalue weighted by molar-refractivity contribution is -0.114. The van der Waals surface area contributed by atoms with E-state index < -0.39 is 10.0 Å². The van der Waals surface area contributed by atoms with Crippen LogP contribution >= 0.6 is 11.6 Å². The van der Waals surface area contributed by atoms with Gasteiger partial charge >= 0.3 is 0 Å². The van der Waals surface area contributed by atoms with Gasteiger partial charge in [-0.05, 0) is 44.5 Å². The molecular weight excluding hydrogens is 312 g/mol. The molecule has 0 spiro atoms. The Hall–Kier alpha value is -1.11. The van der Waals surface area contributed by atoms with Crippen LogP contribution < -0.4 is 5.32 Å². The van der Waals surface area contributed by atoms with Gasteiger partial charge < -0.3 is 5.32 Å². The molecule has 0 fully saturated rings. The number of nitrogens with one attached hydrogen (secondary N) is 1. The summed E-state index contributed by atoms with van der Waals surface area (Å²) in [5.74, 6) is 0.219. The number of benzene rings is 1. The second-order valence-electron chi connectivity index (χ2n) is 4.96. The van der Waals surface area contributed by atoms with Crippen molar-refractivity contribution < 1.29 is 13.2 Å². The summed E-state index contributed by atoms with van der Waals surface area (Å²) in [6, 6.07) is 6.00. The molecule has 0 aliphatic heterocycles. The van der Waals surface area contributed by atoms with Crippen LogP contribution in [-0.4, -0.2) is 37.1 Å². The first-order valence-electron chi connectivity index (χ1n) is 6.74. The van der Waals surface area contributed by atoms with Crippen LogP contribution in [0, 0.1) is 0 Å². The molecule has 0 atom stereocenters. The minimum atomic E-state index is -3.56. The molecule has 0 unspecified atom stereocenters. The molecule has 0 radical (unpaired) electrons. The van der Waals surface area contributed by atoms with Crippen LogP contribution in [0.25, 0.3) is 0 Å². The molecule has 1 N–H and O–H groups in total. The molecule has 0 heterocycles. The Morgan fingerprint density at radius 1 is 1.29 bits per heavy atom. The van der Waals surface area contributed by atoms with E-state index in [4.69, 9.17) is 11.6 Å². The molecule has 7 heteroatoms. The van der Waals surface area contributed by atoms with Crippen LogP contribution in [0.15, 0.2) is 29.2 Å². The molecule has 0 saturated heterocycles. The first-order valence-corrected chi connectivity index (χ1v) is 8.72. The van der Waals surface area contributed by atoms with Gasteiger partial charge in [0.1, 0.15) is 0 Å². The van der Waals surface area contributed by atoms with Gasteiger partial charge in [0.25, 0.3) is 0 Å². The normalized spacial score (nSPS) is 11.9. The van der Waals surface area contributed by atoms with Crippen LogP contribution in [0.4, 0.5) is 5.69 Å². The van der Waals surface area contributed by atoms with Crippen molar-refractivity contribution in [3.8, 4) is 0 Å². The molecule has 1 aromatic carbocycles. The van der Waals surface area contributed by atoms with E-state index in [0.29, 0.717) is 24.5 Å². The number of rotatable bonds is 7. The van der Waals surface area contributed by atoms with E-state index in [1.165, 1.54) is 23.4 Å². The molecule has 1 aromatic rings. The fourth-order valence-corrected chi connectivity index (χ4v) is 3.72. The molecule has 5 nitrogen and oxygen atoms in total. The van der Waals surface area contributed by atoms with Gasteiger partial charge in [-0.2, -0.15) is 4.31 Å². The predicted octanol–water partition coefficient (Wildman–Crippen LogP) is 2.67. The molecule has 0 saturated carbocycles. The van der Waals surface area contributed by atoms with Gasteiger partial charge in [-0.1, -0.05) is 0 Å². The minimum Gasteiger partial charge on any atom is -0.326 e. The summed E-state index contributed by atoms with van der Waals surface area (Å²) in [6.07, 6.45) is 0.600. The maximum absolute atomic E-state index is 12.6. The van der Waals surface area contributed by atoms with Gasteiger partial charge in [0, 0.05) is 31.1 Å². The van der Waals surface area contributed by atoms with Gasteiger partial charge in [-0.25, -0.2) is 8.42 Å². The van der Waals surface area contributed by atoms with Gasteiger partial charge in [0.2, 0.25) is 15.9 Å². The molecule has 21 heavy (non-hydrogen) atoms. The number of anilines is 1. The minimum absolute atomic E-state index is 0.145. The maximum Gasteiger partial charge on any atom is 0.243 e. The standard InChI is InChI=1S/C14H21ClN2O3S/c1-11(2)17(10-4-9-15)21(19,20)14-7-5-13(6-8-14)16-12(3)18/h5-8,11H,4,9-10H2,1-3H3,(H,16,18). The van der Waals surface area contributed by atoms with E-state index in [1.54, 1.807) is 12.1 Å². The Morgan fingerprint density at radius 3 is 2.29 bits per heavy atom. The third kappa shape index (κ3) is 4.98. The Balaban J connectivity index is 3.02. The summed E-state index contributed by atoms with van der Waals surface area (Å²) >= 11 is 5.65. The van der Waals surface area contributed by atoms with Crippen LogP contribution in [0.5, 0.6) is 0 Å². The third-order valence-electron chi connectivity index (χ3n) is 2.87. The SMILES string of the molecule is CC(=O)Nc1ccc(S(=O)(=O)N(CCCCl)C(C)C)cc1. The fraction of sp³-hybridized carbons (Fsp3) is 0.500. The van der Waals surface area contributed by atoms with Crippen molar-refractivity contribution in [2.24, 2.45) is 0 Å². The van der Waals surface area contributed by atoms with Crippen molar-refractivity contribution in [3.05, 3.63) is 24.3 Å². The van der Waals surface area contributed by atoms with Crippen LogP contribution in [0.3, 0.4) is 0 Å². The second-order valence-corrected chi connectivity index (χ2v) is 7.23. The lowest BCUT2D eigenvalue weighted by atomic mass is 10.3. The lowest BCUT2D eigenvalue weighted by Crippen LogP contribution is -2.37. The van der Waals surface area contributed by atoms with Crippen molar-refractivity contribution in [1.29, 1.82) is 0 Å². The van der Waals surface area contributed by atoms with Crippen molar-refractivity contribution in [2.75, 3.05) is 17.7 Å². The topological polar surface area (TPSA) is 66.5 Å². The Bertz CT molecular complexity index is 570. The number of hydrogen-bond acceptors (Lipinski definition) is 3. The van der Waals surface area contributed by atoms with Gasteiger partial charge in [0.15, 0.2) is 0 Å². The first kappa shape index (κ1) is 17.9. The lowest BCUT2D eigenvalue weighted by Gasteiger charge is -2.25. The predicted molar refractivity (Wildman–Crippen MR) is 85.1 cm³/mol. The number of amides is 1. The quantitative estimate of drug-likeness (QED) is 0.781. The first-order chi connectivity index (χ1) is 9.78. The number of alkyl halides is 1. The molecule has 0 aliphatic carbocycles. The van der Waals surface area contributed by atoms with E-state index >= 15 is 0 Å². The van der Waals surface area contributed by atoms with E-state index in [1.807, 2.05) is 13.8 Å². The molecule has 1 amide bonds. The zero-order chi connectivity index (χ0) is 16.0. The Kier molecular flexibility index (Phi) is 6.64. The number of nitrogens with zero attached hydrogens (tertiary/aromatic N) is 1. The van der Waals surface area contributed by atoms with Gasteiger partial charge in [-0.15, -0.1) is 11.6 Å². The summed E-state index contributed by atoms with van der Waals surface area (Å²) in [4.78, 5) is 11.2. The highest BCUT2D eigenvalue weighted by Gasteiger charge is 2.26. The summed E-state index contributed by atoms with van der Waals surface area (Å²) < 4.78 is 26.7. The Labute approximate surface area is 131 Å². The summed E-state index contributed by atoms with van der Waals surface area (Å²) in [5, 5.41) is 2.60. The molecule has 0 aromatic heterocycles. The summed E-state index contributed by atoms with van der Waals surface area (Å²) in [5.41, 5.74) is 0.568. The van der Waals surface area contributed by atoms with Crippen LogP contribution in [-0.2, 0) is 14.8 Å². The molecule has 118 valence electrons. The van der Waals surface area contributed by atoms with Crippen LogP contribution in [0.1, 0.15) is 27.2 Å². The van der Waals surface area contributed by atoms with Crippen molar-refractivity contribution >= 4 is 33.2 Å². The number of carbonyl (C=O) groups excluding carboxylic acids is 1. The highest BCUT2D eigenvalue weighted by atomic mass is 35.5. The van der Waals surface area contributed by atoms with E-state index in [9.17, 15) is 13.2 Å². The van der Waals surface area contributed by atoms with Crippen molar-refractivity contribution in [2.45, 2.75) is 38.1 Å².